The Morgan fingerprint density at radius 3 is 2.57 bits per heavy atom. The van der Waals surface area contributed by atoms with Gasteiger partial charge in [0.25, 0.3) is 0 Å². The van der Waals surface area contributed by atoms with Gasteiger partial charge in [-0.3, -0.25) is 14.0 Å². The van der Waals surface area contributed by atoms with Gasteiger partial charge in [0.15, 0.2) is 0 Å². The van der Waals surface area contributed by atoms with Crippen LogP contribution in [0.5, 0.6) is 0 Å². The van der Waals surface area contributed by atoms with Crippen LogP contribution in [0.25, 0.3) is 0 Å². The van der Waals surface area contributed by atoms with Gasteiger partial charge in [0.2, 0.25) is 5.91 Å². The van der Waals surface area contributed by atoms with Gasteiger partial charge < -0.3 is 5.73 Å². The van der Waals surface area contributed by atoms with Crippen LogP contribution in [0.15, 0.2) is 0 Å². The van der Waals surface area contributed by atoms with E-state index in [0.29, 0.717) is 13.0 Å². The first kappa shape index (κ1) is 11.7. The molecule has 0 aromatic carbocycles. The SMILES string of the molecule is CNP(=O)(NC)N1CCC[C@H](N)C1=O. The van der Waals surface area contributed by atoms with Crippen LogP contribution in [0, 0.1) is 0 Å². The molecule has 7 heteroatoms. The second-order valence-electron chi connectivity index (χ2n) is 3.23. The van der Waals surface area contributed by atoms with Crippen molar-refractivity contribution in [1.29, 1.82) is 0 Å². The van der Waals surface area contributed by atoms with E-state index in [1.807, 2.05) is 0 Å². The summed E-state index contributed by atoms with van der Waals surface area (Å²) in [4.78, 5) is 11.6. The fourth-order valence-electron chi connectivity index (χ4n) is 1.52. The van der Waals surface area contributed by atoms with Crippen molar-refractivity contribution in [2.24, 2.45) is 5.73 Å². The zero-order valence-electron chi connectivity index (χ0n) is 8.49. The van der Waals surface area contributed by atoms with Gasteiger partial charge in [-0.25, -0.2) is 10.2 Å². The minimum absolute atomic E-state index is 0.247. The molecule has 82 valence electrons. The van der Waals surface area contributed by atoms with E-state index in [1.165, 1.54) is 4.67 Å². The summed E-state index contributed by atoms with van der Waals surface area (Å²) in [6.07, 6.45) is 1.46. The molecule has 0 aliphatic carbocycles. The second kappa shape index (κ2) is 4.40. The van der Waals surface area contributed by atoms with Crippen LogP contribution >= 0.6 is 7.59 Å². The average molecular weight is 220 g/mol. The highest BCUT2D eigenvalue weighted by atomic mass is 31.2. The fourth-order valence-corrected chi connectivity index (χ4v) is 3.07. The maximum Gasteiger partial charge on any atom is 0.307 e. The second-order valence-corrected chi connectivity index (χ2v) is 5.76. The molecular formula is C7H17N4O2P. The normalized spacial score (nSPS) is 24.1. The molecule has 4 N–H and O–H groups in total. The Morgan fingerprint density at radius 2 is 2.07 bits per heavy atom. The largest absolute Gasteiger partial charge is 0.320 e. The lowest BCUT2D eigenvalue weighted by atomic mass is 10.1. The Morgan fingerprint density at radius 1 is 1.50 bits per heavy atom. The Bertz CT molecular complexity index is 262. The number of piperidine rings is 1. The molecule has 14 heavy (non-hydrogen) atoms. The molecule has 0 bridgehead atoms. The van der Waals surface area contributed by atoms with Crippen LogP contribution in [0.4, 0.5) is 0 Å². The first-order valence-corrected chi connectivity index (χ1v) is 6.26. The van der Waals surface area contributed by atoms with Gasteiger partial charge in [-0.1, -0.05) is 0 Å². The Kier molecular flexibility index (Phi) is 3.66. The van der Waals surface area contributed by atoms with Crippen molar-refractivity contribution >= 4 is 13.5 Å². The summed E-state index contributed by atoms with van der Waals surface area (Å²) in [5, 5.41) is 5.29. The quantitative estimate of drug-likeness (QED) is 0.557. The summed E-state index contributed by atoms with van der Waals surface area (Å²) in [7, 11) is 0.174. The van der Waals surface area contributed by atoms with E-state index in [4.69, 9.17) is 5.73 Å². The standard InChI is InChI=1S/C7H17N4O2P/c1-9-14(13,10-2)11-5-3-4-6(8)7(11)12/h6H,3-5,8H2,1-2H3,(H2,9,10,13)/t6-/m0/s1. The highest BCUT2D eigenvalue weighted by Gasteiger charge is 2.36. The van der Waals surface area contributed by atoms with Gasteiger partial charge >= 0.3 is 7.59 Å². The van der Waals surface area contributed by atoms with E-state index in [2.05, 4.69) is 10.2 Å². The predicted octanol–water partition coefficient (Wildman–Crippen LogP) is -0.517. The molecule has 1 aliphatic heterocycles. The van der Waals surface area contributed by atoms with Gasteiger partial charge in [0.05, 0.1) is 6.04 Å². The first-order chi connectivity index (χ1) is 6.55. The highest BCUT2D eigenvalue weighted by molar-refractivity contribution is 7.58. The van der Waals surface area contributed by atoms with Gasteiger partial charge in [0, 0.05) is 6.54 Å². The molecule has 0 spiro atoms. The third-order valence-corrected chi connectivity index (χ3v) is 4.69. The van der Waals surface area contributed by atoms with E-state index < -0.39 is 13.6 Å². The molecule has 1 heterocycles. The number of hydrogen-bond acceptors (Lipinski definition) is 3. The Labute approximate surface area is 83.7 Å². The Balaban J connectivity index is 2.85. The lowest BCUT2D eigenvalue weighted by Gasteiger charge is -2.35. The number of carbonyl (C=O) groups is 1. The number of hydrogen-bond donors (Lipinski definition) is 3. The van der Waals surface area contributed by atoms with Crippen LogP contribution in [0.3, 0.4) is 0 Å². The first-order valence-electron chi connectivity index (χ1n) is 4.60. The van der Waals surface area contributed by atoms with Crippen LogP contribution in [0.2, 0.25) is 0 Å². The third kappa shape index (κ3) is 1.98. The molecule has 0 unspecified atom stereocenters. The van der Waals surface area contributed by atoms with Crippen molar-refractivity contribution in [3.05, 3.63) is 0 Å². The van der Waals surface area contributed by atoms with Crippen molar-refractivity contribution in [3.63, 3.8) is 0 Å². The average Bonchev–Trinajstić information content (AvgIpc) is 2.21. The fraction of sp³-hybridized carbons (Fsp3) is 0.857. The topological polar surface area (TPSA) is 87.5 Å². The molecule has 0 radical (unpaired) electrons. The van der Waals surface area contributed by atoms with Crippen LogP contribution in [-0.4, -0.2) is 37.3 Å². The van der Waals surface area contributed by atoms with Crippen molar-refractivity contribution in [2.75, 3.05) is 20.6 Å². The van der Waals surface area contributed by atoms with Crippen LogP contribution in [0.1, 0.15) is 12.8 Å². The molecule has 0 aromatic rings. The Hall–Kier alpha value is -0.420. The smallest absolute Gasteiger partial charge is 0.307 e. The van der Waals surface area contributed by atoms with E-state index in [0.717, 1.165) is 6.42 Å². The van der Waals surface area contributed by atoms with E-state index in [-0.39, 0.29) is 5.91 Å². The third-order valence-electron chi connectivity index (χ3n) is 2.40. The summed E-state index contributed by atoms with van der Waals surface area (Å²) in [6, 6.07) is -0.515. The maximum atomic E-state index is 12.1. The molecule has 6 nitrogen and oxygen atoms in total. The minimum Gasteiger partial charge on any atom is -0.320 e. The number of amides is 1. The number of carbonyl (C=O) groups excluding carboxylic acids is 1. The molecule has 1 fully saturated rings. The van der Waals surface area contributed by atoms with E-state index >= 15 is 0 Å². The molecule has 1 atom stereocenters. The number of rotatable bonds is 3. The van der Waals surface area contributed by atoms with Crippen molar-refractivity contribution in [3.8, 4) is 0 Å². The molecule has 1 amide bonds. The molecule has 1 saturated heterocycles. The zero-order chi connectivity index (χ0) is 10.8. The van der Waals surface area contributed by atoms with Crippen molar-refractivity contribution < 1.29 is 9.36 Å². The van der Waals surface area contributed by atoms with E-state index in [9.17, 15) is 9.36 Å². The lowest BCUT2D eigenvalue weighted by Crippen LogP contribution is -2.49. The summed E-state index contributed by atoms with van der Waals surface area (Å²) in [5.74, 6) is -0.247. The highest BCUT2D eigenvalue weighted by Crippen LogP contribution is 2.41. The predicted molar refractivity (Wildman–Crippen MR) is 54.6 cm³/mol. The molecular weight excluding hydrogens is 203 g/mol. The van der Waals surface area contributed by atoms with Gasteiger partial charge in [-0.2, -0.15) is 0 Å². The van der Waals surface area contributed by atoms with E-state index in [1.54, 1.807) is 14.1 Å². The van der Waals surface area contributed by atoms with Gasteiger partial charge in [-0.05, 0) is 26.9 Å². The zero-order valence-corrected chi connectivity index (χ0v) is 9.38. The van der Waals surface area contributed by atoms with Gasteiger partial charge in [-0.15, -0.1) is 0 Å². The van der Waals surface area contributed by atoms with Crippen molar-refractivity contribution in [2.45, 2.75) is 18.9 Å². The van der Waals surface area contributed by atoms with Crippen LogP contribution in [-0.2, 0) is 9.36 Å². The summed E-state index contributed by atoms with van der Waals surface area (Å²) < 4.78 is 13.4. The number of nitrogens with one attached hydrogen (secondary N) is 2. The monoisotopic (exact) mass is 220 g/mol. The number of nitrogens with two attached hydrogens (primary N) is 1. The molecule has 0 aromatic heterocycles. The maximum absolute atomic E-state index is 12.1. The minimum atomic E-state index is -2.95. The lowest BCUT2D eigenvalue weighted by molar-refractivity contribution is -0.129. The number of nitrogens with zero attached hydrogens (tertiary/aromatic N) is 1. The summed E-state index contributed by atoms with van der Waals surface area (Å²) >= 11 is 0. The summed E-state index contributed by atoms with van der Waals surface area (Å²) in [5.41, 5.74) is 5.61. The van der Waals surface area contributed by atoms with Crippen molar-refractivity contribution in [1.82, 2.24) is 14.8 Å². The van der Waals surface area contributed by atoms with Crippen LogP contribution < -0.4 is 15.9 Å². The molecule has 1 aliphatic rings. The molecule has 0 saturated carbocycles. The van der Waals surface area contributed by atoms with Gasteiger partial charge in [0.1, 0.15) is 0 Å². The summed E-state index contributed by atoms with van der Waals surface area (Å²) in [6.45, 7) is 0.492. The molecule has 1 rings (SSSR count).